The van der Waals surface area contributed by atoms with Crippen LogP contribution in [0.15, 0.2) is 11.5 Å². The lowest BCUT2D eigenvalue weighted by Crippen LogP contribution is -2.14. The van der Waals surface area contributed by atoms with Crippen molar-refractivity contribution in [3.8, 4) is 11.8 Å². The van der Waals surface area contributed by atoms with Gasteiger partial charge in [0.15, 0.2) is 0 Å². The van der Waals surface area contributed by atoms with Crippen LogP contribution in [0.25, 0.3) is 0 Å². The van der Waals surface area contributed by atoms with Gasteiger partial charge in [-0.05, 0) is 37.0 Å². The van der Waals surface area contributed by atoms with Crippen LogP contribution in [0.3, 0.4) is 0 Å². The first kappa shape index (κ1) is 13.6. The third kappa shape index (κ3) is 8.18. The zero-order valence-corrected chi connectivity index (χ0v) is 9.89. The third-order valence-corrected chi connectivity index (χ3v) is 1.91. The summed E-state index contributed by atoms with van der Waals surface area (Å²) < 4.78 is 10.5. The number of ether oxygens (including phenoxy) is 2. The van der Waals surface area contributed by atoms with E-state index in [1.807, 2.05) is 25.3 Å². The number of rotatable bonds is 6. The van der Waals surface area contributed by atoms with Crippen LogP contribution in [0.2, 0.25) is 0 Å². The minimum absolute atomic E-state index is 0.388. The van der Waals surface area contributed by atoms with Crippen LogP contribution < -0.4 is 0 Å². The summed E-state index contributed by atoms with van der Waals surface area (Å²) in [6.45, 7) is 7.19. The highest BCUT2D eigenvalue weighted by Crippen LogP contribution is 1.98. The monoisotopic (exact) mass is 214 g/mol. The lowest BCUT2D eigenvalue weighted by molar-refractivity contribution is -0.0969. The van der Waals surface area contributed by atoms with Crippen LogP contribution in [-0.2, 0) is 9.47 Å². The topological polar surface area (TPSA) is 18.5 Å². The zero-order chi connectivity index (χ0) is 10.6. The van der Waals surface area contributed by atoms with Crippen molar-refractivity contribution < 1.29 is 9.47 Å². The van der Waals surface area contributed by atoms with Crippen LogP contribution >= 0.6 is 11.8 Å². The maximum atomic E-state index is 5.25. The molecule has 0 rings (SSSR count). The molecular weight excluding hydrogens is 196 g/mol. The van der Waals surface area contributed by atoms with Gasteiger partial charge in [-0.1, -0.05) is 12.8 Å². The van der Waals surface area contributed by atoms with E-state index in [0.29, 0.717) is 13.2 Å². The standard InChI is InChI=1S/C11H18O2S/c1-4-12-11(13-5-2)9-7-8-10-14-6-3/h8,10-11H,4-6H2,1-3H3. The van der Waals surface area contributed by atoms with Crippen molar-refractivity contribution in [2.24, 2.45) is 0 Å². The highest BCUT2D eigenvalue weighted by atomic mass is 32.2. The lowest BCUT2D eigenvalue weighted by atomic mass is 10.5. The summed E-state index contributed by atoms with van der Waals surface area (Å²) in [6.07, 6.45) is 1.43. The second-order valence-corrected chi connectivity index (χ2v) is 3.47. The molecule has 0 aliphatic heterocycles. The Hall–Kier alpha value is -0.430. The van der Waals surface area contributed by atoms with Gasteiger partial charge in [0, 0.05) is 13.2 Å². The molecule has 0 atom stereocenters. The van der Waals surface area contributed by atoms with E-state index < -0.39 is 0 Å². The Morgan fingerprint density at radius 3 is 2.36 bits per heavy atom. The minimum Gasteiger partial charge on any atom is -0.342 e. The number of hydrogen-bond donors (Lipinski definition) is 0. The Kier molecular flexibility index (Phi) is 10.3. The molecule has 80 valence electrons. The van der Waals surface area contributed by atoms with Gasteiger partial charge in [0.2, 0.25) is 6.29 Å². The SMILES string of the molecule is CCOC(C#CC=CSCC)OCC. The van der Waals surface area contributed by atoms with E-state index in [0.717, 1.165) is 5.75 Å². The summed E-state index contributed by atoms with van der Waals surface area (Å²) in [6, 6.07) is 0. The Balaban J connectivity index is 3.86. The number of allylic oxidation sites excluding steroid dienone is 1. The van der Waals surface area contributed by atoms with Crippen molar-refractivity contribution in [3.63, 3.8) is 0 Å². The fourth-order valence-corrected chi connectivity index (χ4v) is 1.09. The molecule has 0 heterocycles. The number of hydrogen-bond acceptors (Lipinski definition) is 3. The zero-order valence-electron chi connectivity index (χ0n) is 9.08. The first-order valence-electron chi connectivity index (χ1n) is 4.86. The van der Waals surface area contributed by atoms with Gasteiger partial charge in [-0.3, -0.25) is 0 Å². The summed E-state index contributed by atoms with van der Waals surface area (Å²) in [5.41, 5.74) is 0. The Bertz CT molecular complexity index is 197. The van der Waals surface area contributed by atoms with E-state index in [1.54, 1.807) is 11.8 Å². The highest BCUT2D eigenvalue weighted by molar-refractivity contribution is 8.02. The van der Waals surface area contributed by atoms with Crippen molar-refractivity contribution in [1.82, 2.24) is 0 Å². The van der Waals surface area contributed by atoms with Crippen LogP contribution in [0.4, 0.5) is 0 Å². The molecule has 0 saturated heterocycles. The molecule has 0 aliphatic rings. The summed E-state index contributed by atoms with van der Waals surface area (Å²) in [5.74, 6) is 6.84. The fraction of sp³-hybridized carbons (Fsp3) is 0.636. The van der Waals surface area contributed by atoms with Crippen molar-refractivity contribution in [1.29, 1.82) is 0 Å². The van der Waals surface area contributed by atoms with E-state index in [9.17, 15) is 0 Å². The molecule has 0 saturated carbocycles. The van der Waals surface area contributed by atoms with Crippen LogP contribution in [0.5, 0.6) is 0 Å². The molecule has 2 nitrogen and oxygen atoms in total. The Labute approximate surface area is 91.0 Å². The van der Waals surface area contributed by atoms with Crippen molar-refractivity contribution >= 4 is 11.8 Å². The van der Waals surface area contributed by atoms with Gasteiger partial charge in [-0.15, -0.1) is 11.8 Å². The fourth-order valence-electron chi connectivity index (χ4n) is 0.729. The molecule has 14 heavy (non-hydrogen) atoms. The lowest BCUT2D eigenvalue weighted by Gasteiger charge is -2.09. The van der Waals surface area contributed by atoms with Gasteiger partial charge >= 0.3 is 0 Å². The van der Waals surface area contributed by atoms with Crippen molar-refractivity contribution in [2.45, 2.75) is 27.1 Å². The van der Waals surface area contributed by atoms with E-state index in [1.165, 1.54) is 0 Å². The van der Waals surface area contributed by atoms with Gasteiger partial charge in [0.1, 0.15) is 0 Å². The quantitative estimate of drug-likeness (QED) is 0.500. The largest absolute Gasteiger partial charge is 0.342 e. The molecule has 3 heteroatoms. The minimum atomic E-state index is -0.388. The molecule has 0 aliphatic carbocycles. The van der Waals surface area contributed by atoms with E-state index in [2.05, 4.69) is 18.8 Å². The summed E-state index contributed by atoms with van der Waals surface area (Å²) in [7, 11) is 0. The molecule has 0 fully saturated rings. The second-order valence-electron chi connectivity index (χ2n) is 2.29. The number of thioether (sulfide) groups is 1. The molecule has 0 spiro atoms. The molecule has 0 aromatic carbocycles. The molecule has 0 amide bonds. The average Bonchev–Trinajstić information content (AvgIpc) is 2.18. The van der Waals surface area contributed by atoms with Crippen LogP contribution in [-0.4, -0.2) is 25.3 Å². The first-order chi connectivity index (χ1) is 6.85. The predicted molar refractivity (Wildman–Crippen MR) is 62.1 cm³/mol. The van der Waals surface area contributed by atoms with Crippen LogP contribution in [0.1, 0.15) is 20.8 Å². The molecule has 0 N–H and O–H groups in total. The normalized spacial score (nSPS) is 10.6. The molecule has 0 radical (unpaired) electrons. The highest BCUT2D eigenvalue weighted by Gasteiger charge is 2.00. The summed E-state index contributed by atoms with van der Waals surface area (Å²) >= 11 is 1.72. The Morgan fingerprint density at radius 2 is 1.86 bits per heavy atom. The molecule has 0 bridgehead atoms. The second kappa shape index (κ2) is 10.6. The maximum absolute atomic E-state index is 5.25. The van der Waals surface area contributed by atoms with Gasteiger partial charge in [0.05, 0.1) is 0 Å². The first-order valence-corrected chi connectivity index (χ1v) is 5.90. The molecular formula is C11H18O2S. The average molecular weight is 214 g/mol. The van der Waals surface area contributed by atoms with Crippen molar-refractivity contribution in [2.75, 3.05) is 19.0 Å². The van der Waals surface area contributed by atoms with Gasteiger partial charge in [0.25, 0.3) is 0 Å². The van der Waals surface area contributed by atoms with Gasteiger partial charge < -0.3 is 9.47 Å². The van der Waals surface area contributed by atoms with Gasteiger partial charge in [-0.25, -0.2) is 0 Å². The van der Waals surface area contributed by atoms with Gasteiger partial charge in [-0.2, -0.15) is 0 Å². The smallest absolute Gasteiger partial charge is 0.222 e. The summed E-state index contributed by atoms with van der Waals surface area (Å²) in [5, 5.41) is 1.97. The molecule has 0 aromatic heterocycles. The van der Waals surface area contributed by atoms with Crippen LogP contribution in [0, 0.1) is 11.8 Å². The maximum Gasteiger partial charge on any atom is 0.222 e. The summed E-state index contributed by atoms with van der Waals surface area (Å²) in [4.78, 5) is 0. The molecule has 0 unspecified atom stereocenters. The van der Waals surface area contributed by atoms with E-state index in [4.69, 9.17) is 9.47 Å². The Morgan fingerprint density at radius 1 is 1.21 bits per heavy atom. The predicted octanol–water partition coefficient (Wildman–Crippen LogP) is 2.66. The van der Waals surface area contributed by atoms with E-state index in [-0.39, 0.29) is 6.29 Å². The third-order valence-electron chi connectivity index (χ3n) is 1.25. The van der Waals surface area contributed by atoms with E-state index >= 15 is 0 Å². The molecule has 0 aromatic rings. The van der Waals surface area contributed by atoms with Crippen molar-refractivity contribution in [3.05, 3.63) is 11.5 Å².